The van der Waals surface area contributed by atoms with Gasteiger partial charge in [-0.25, -0.2) is 17.2 Å². The van der Waals surface area contributed by atoms with Crippen LogP contribution in [0, 0.1) is 18.6 Å². The van der Waals surface area contributed by atoms with Gasteiger partial charge in [0.15, 0.2) is 9.84 Å². The number of aryl methyl sites for hydroxylation is 1. The summed E-state index contributed by atoms with van der Waals surface area (Å²) in [4.78, 5) is 12.9. The fourth-order valence-corrected chi connectivity index (χ4v) is 5.50. The van der Waals surface area contributed by atoms with E-state index >= 15 is 0 Å². The van der Waals surface area contributed by atoms with Crippen LogP contribution in [0.5, 0.6) is 0 Å². The first-order chi connectivity index (χ1) is 13.3. The van der Waals surface area contributed by atoms with E-state index in [2.05, 4.69) is 5.32 Å². The van der Waals surface area contributed by atoms with E-state index in [1.807, 2.05) is 6.92 Å². The third-order valence-corrected chi connectivity index (χ3v) is 7.46. The first kappa shape index (κ1) is 20.2. The standard InChI is InChI=1S/C20H17F2NO3S2/c1-13-7-9-14(10-8-13)28(25,26)18(17-6-3-11-27-17)12-23-20(24)19-15(21)4-2-5-16(19)22/h2-11,18H,12H2,1H3,(H,23,24)/t18-/m1/s1. The quantitative estimate of drug-likeness (QED) is 0.646. The van der Waals surface area contributed by atoms with Gasteiger partial charge in [-0.05, 0) is 42.6 Å². The lowest BCUT2D eigenvalue weighted by Crippen LogP contribution is -2.32. The first-order valence-electron chi connectivity index (χ1n) is 8.37. The van der Waals surface area contributed by atoms with Crippen molar-refractivity contribution in [2.24, 2.45) is 0 Å². The Morgan fingerprint density at radius 1 is 1.04 bits per heavy atom. The number of sulfone groups is 1. The van der Waals surface area contributed by atoms with Crippen LogP contribution in [-0.4, -0.2) is 20.9 Å². The second-order valence-electron chi connectivity index (χ2n) is 6.17. The molecule has 0 aliphatic heterocycles. The molecule has 146 valence electrons. The number of rotatable bonds is 6. The van der Waals surface area contributed by atoms with Crippen LogP contribution in [0.3, 0.4) is 0 Å². The summed E-state index contributed by atoms with van der Waals surface area (Å²) in [6, 6.07) is 12.8. The van der Waals surface area contributed by atoms with Crippen LogP contribution < -0.4 is 5.32 Å². The number of hydrogen-bond acceptors (Lipinski definition) is 4. The van der Waals surface area contributed by atoms with Gasteiger partial charge in [0.25, 0.3) is 5.91 Å². The number of halogens is 2. The topological polar surface area (TPSA) is 63.2 Å². The normalized spacial score (nSPS) is 12.5. The minimum atomic E-state index is -3.83. The van der Waals surface area contributed by atoms with Gasteiger partial charge in [-0.3, -0.25) is 4.79 Å². The van der Waals surface area contributed by atoms with Crippen LogP contribution in [0.25, 0.3) is 0 Å². The van der Waals surface area contributed by atoms with Crippen LogP contribution in [0.2, 0.25) is 0 Å². The van der Waals surface area contributed by atoms with Gasteiger partial charge in [-0.1, -0.05) is 29.8 Å². The Balaban J connectivity index is 1.90. The largest absolute Gasteiger partial charge is 0.350 e. The van der Waals surface area contributed by atoms with Crippen molar-refractivity contribution in [3.63, 3.8) is 0 Å². The molecule has 0 radical (unpaired) electrons. The van der Waals surface area contributed by atoms with Crippen molar-refractivity contribution in [3.05, 3.63) is 87.6 Å². The van der Waals surface area contributed by atoms with Crippen LogP contribution in [0.15, 0.2) is 64.9 Å². The van der Waals surface area contributed by atoms with E-state index in [4.69, 9.17) is 0 Å². The van der Waals surface area contributed by atoms with Gasteiger partial charge >= 0.3 is 0 Å². The van der Waals surface area contributed by atoms with E-state index in [-0.39, 0.29) is 11.4 Å². The molecule has 1 atom stereocenters. The average Bonchev–Trinajstić information content (AvgIpc) is 3.16. The second kappa shape index (κ2) is 8.20. The second-order valence-corrected chi connectivity index (χ2v) is 9.28. The molecular weight excluding hydrogens is 404 g/mol. The molecule has 3 aromatic rings. The molecule has 0 unspecified atom stereocenters. The van der Waals surface area contributed by atoms with Crippen molar-refractivity contribution < 1.29 is 22.0 Å². The van der Waals surface area contributed by atoms with Gasteiger partial charge in [0.2, 0.25) is 0 Å². The summed E-state index contributed by atoms with van der Waals surface area (Å²) in [5.41, 5.74) is 0.176. The van der Waals surface area contributed by atoms with Gasteiger partial charge in [-0.2, -0.15) is 0 Å². The van der Waals surface area contributed by atoms with Crippen LogP contribution in [-0.2, 0) is 9.84 Å². The molecule has 1 aromatic heterocycles. The number of thiophene rings is 1. The summed E-state index contributed by atoms with van der Waals surface area (Å²) in [6.45, 7) is 1.53. The highest BCUT2D eigenvalue weighted by molar-refractivity contribution is 7.91. The summed E-state index contributed by atoms with van der Waals surface area (Å²) in [6.07, 6.45) is 0. The lowest BCUT2D eigenvalue weighted by atomic mass is 10.2. The molecule has 1 heterocycles. The van der Waals surface area contributed by atoms with Crippen molar-refractivity contribution in [1.29, 1.82) is 0 Å². The van der Waals surface area contributed by atoms with Crippen molar-refractivity contribution >= 4 is 27.1 Å². The molecule has 0 spiro atoms. The van der Waals surface area contributed by atoms with Gasteiger partial charge in [0, 0.05) is 11.4 Å². The predicted molar refractivity (Wildman–Crippen MR) is 104 cm³/mol. The number of carbonyl (C=O) groups is 1. The zero-order valence-corrected chi connectivity index (χ0v) is 16.5. The third kappa shape index (κ3) is 4.13. The highest BCUT2D eigenvalue weighted by Gasteiger charge is 2.31. The maximum atomic E-state index is 13.8. The van der Waals surface area contributed by atoms with E-state index < -0.39 is 38.2 Å². The monoisotopic (exact) mass is 421 g/mol. The summed E-state index contributed by atoms with van der Waals surface area (Å²) in [7, 11) is -3.83. The van der Waals surface area contributed by atoms with Crippen molar-refractivity contribution in [1.82, 2.24) is 5.32 Å². The molecule has 0 saturated heterocycles. The Morgan fingerprint density at radius 3 is 2.25 bits per heavy atom. The molecule has 0 aliphatic rings. The molecule has 2 aromatic carbocycles. The average molecular weight is 421 g/mol. The smallest absolute Gasteiger partial charge is 0.257 e. The molecule has 8 heteroatoms. The van der Waals surface area contributed by atoms with Crippen LogP contribution in [0.1, 0.15) is 26.0 Å². The molecular formula is C20H17F2NO3S2. The van der Waals surface area contributed by atoms with E-state index in [1.54, 1.807) is 29.6 Å². The molecule has 28 heavy (non-hydrogen) atoms. The first-order valence-corrected chi connectivity index (χ1v) is 10.8. The van der Waals surface area contributed by atoms with E-state index in [1.165, 1.54) is 23.5 Å². The Labute approximate surface area is 165 Å². The molecule has 3 rings (SSSR count). The molecule has 0 saturated carbocycles. The number of amides is 1. The summed E-state index contributed by atoms with van der Waals surface area (Å²) >= 11 is 1.23. The molecule has 1 N–H and O–H groups in total. The fourth-order valence-electron chi connectivity index (χ4n) is 2.72. The van der Waals surface area contributed by atoms with Crippen LogP contribution >= 0.6 is 11.3 Å². The van der Waals surface area contributed by atoms with Crippen molar-refractivity contribution in [3.8, 4) is 0 Å². The van der Waals surface area contributed by atoms with Gasteiger partial charge in [-0.15, -0.1) is 11.3 Å². The zero-order chi connectivity index (χ0) is 20.3. The van der Waals surface area contributed by atoms with Gasteiger partial charge in [0.05, 0.1) is 4.90 Å². The SMILES string of the molecule is Cc1ccc(S(=O)(=O)[C@H](CNC(=O)c2c(F)cccc2F)c2cccs2)cc1. The minimum absolute atomic E-state index is 0.114. The Hall–Kier alpha value is -2.58. The lowest BCUT2D eigenvalue weighted by Gasteiger charge is -2.18. The van der Waals surface area contributed by atoms with Crippen LogP contribution in [0.4, 0.5) is 8.78 Å². The Bertz CT molecular complexity index is 1060. The number of nitrogens with one attached hydrogen (secondary N) is 1. The maximum absolute atomic E-state index is 13.8. The summed E-state index contributed by atoms with van der Waals surface area (Å²) < 4.78 is 53.9. The van der Waals surface area contributed by atoms with Gasteiger partial charge in [0.1, 0.15) is 22.4 Å². The van der Waals surface area contributed by atoms with Gasteiger partial charge < -0.3 is 5.32 Å². The van der Waals surface area contributed by atoms with E-state index in [0.29, 0.717) is 4.88 Å². The maximum Gasteiger partial charge on any atom is 0.257 e. The number of carbonyl (C=O) groups excluding carboxylic acids is 1. The van der Waals surface area contributed by atoms with Crippen molar-refractivity contribution in [2.75, 3.05) is 6.54 Å². The molecule has 4 nitrogen and oxygen atoms in total. The minimum Gasteiger partial charge on any atom is -0.350 e. The highest BCUT2D eigenvalue weighted by atomic mass is 32.2. The molecule has 0 aliphatic carbocycles. The lowest BCUT2D eigenvalue weighted by molar-refractivity contribution is 0.0945. The zero-order valence-electron chi connectivity index (χ0n) is 14.9. The number of hydrogen-bond donors (Lipinski definition) is 1. The molecule has 0 bridgehead atoms. The number of benzene rings is 2. The predicted octanol–water partition coefficient (Wildman–Crippen LogP) is 4.28. The summed E-state index contributed by atoms with van der Waals surface area (Å²) in [5.74, 6) is -3.02. The Kier molecular flexibility index (Phi) is 5.90. The summed E-state index contributed by atoms with van der Waals surface area (Å²) in [5, 5.41) is 3.02. The fraction of sp³-hybridized carbons (Fsp3) is 0.150. The molecule has 1 amide bonds. The Morgan fingerprint density at radius 2 is 1.68 bits per heavy atom. The molecule has 0 fully saturated rings. The van der Waals surface area contributed by atoms with E-state index in [0.717, 1.165) is 23.8 Å². The highest BCUT2D eigenvalue weighted by Crippen LogP contribution is 2.31. The van der Waals surface area contributed by atoms with Crippen molar-refractivity contribution in [2.45, 2.75) is 17.1 Å². The van der Waals surface area contributed by atoms with E-state index in [9.17, 15) is 22.0 Å². The third-order valence-electron chi connectivity index (χ3n) is 4.22.